The quantitative estimate of drug-likeness (QED) is 0.473. The van der Waals surface area contributed by atoms with E-state index < -0.39 is 0 Å². The molecular weight excluding hydrogens is 402 g/mol. The summed E-state index contributed by atoms with van der Waals surface area (Å²) in [6.45, 7) is 2.83. The second kappa shape index (κ2) is 7.79. The fraction of sp³-hybridized carbons (Fsp3) is 0.238. The number of rotatable bonds is 5. The third-order valence-electron chi connectivity index (χ3n) is 5.17. The minimum absolute atomic E-state index is 0.0667. The van der Waals surface area contributed by atoms with Crippen LogP contribution in [0.15, 0.2) is 53.4 Å². The van der Waals surface area contributed by atoms with Gasteiger partial charge in [-0.25, -0.2) is 4.98 Å². The van der Waals surface area contributed by atoms with Crippen molar-refractivity contribution in [3.63, 3.8) is 0 Å². The molecule has 30 heavy (non-hydrogen) atoms. The minimum Gasteiger partial charge on any atom is -0.359 e. The van der Waals surface area contributed by atoms with Crippen LogP contribution in [0.4, 0.5) is 17.3 Å². The molecule has 1 saturated heterocycles. The molecule has 9 heteroatoms. The van der Waals surface area contributed by atoms with Gasteiger partial charge in [0.25, 0.3) is 0 Å². The molecule has 5 rings (SSSR count). The Morgan fingerprint density at radius 3 is 3.00 bits per heavy atom. The van der Waals surface area contributed by atoms with E-state index in [0.717, 1.165) is 53.6 Å². The number of anilines is 3. The van der Waals surface area contributed by atoms with Crippen LogP contribution in [-0.4, -0.2) is 31.9 Å². The summed E-state index contributed by atoms with van der Waals surface area (Å²) in [7, 11) is 0. The number of aromatic amines is 1. The zero-order valence-corrected chi connectivity index (χ0v) is 17.1. The van der Waals surface area contributed by atoms with Crippen LogP contribution in [0.1, 0.15) is 30.3 Å². The predicted octanol–water partition coefficient (Wildman–Crippen LogP) is 4.90. The fourth-order valence-electron chi connectivity index (χ4n) is 3.73. The normalized spacial score (nSPS) is 16.2. The van der Waals surface area contributed by atoms with E-state index in [4.69, 9.17) is 16.1 Å². The van der Waals surface area contributed by atoms with Crippen LogP contribution in [0.3, 0.4) is 0 Å². The minimum atomic E-state index is 0.0667. The lowest BCUT2D eigenvalue weighted by molar-refractivity contribution is 0.362. The standard InChI is InChI=1S/C21H20ClN7O/c1-13-8-20(27-26-13)25-17-10-21(24-12-15(17)22)29-7-3-5-18(29)19-9-16(28-30-19)14-4-2-6-23-11-14/h2,4,6,8-12,18H,3,5,7H2,1H3,(H2,24,25,26,27). The number of nitrogens with one attached hydrogen (secondary N) is 2. The number of aromatic nitrogens is 5. The number of nitrogens with zero attached hydrogens (tertiary/aromatic N) is 5. The number of pyridine rings is 2. The molecule has 0 radical (unpaired) electrons. The van der Waals surface area contributed by atoms with Gasteiger partial charge in [0.1, 0.15) is 11.5 Å². The number of hydrogen-bond acceptors (Lipinski definition) is 7. The third-order valence-corrected chi connectivity index (χ3v) is 5.47. The van der Waals surface area contributed by atoms with Crippen LogP contribution in [0.25, 0.3) is 11.3 Å². The molecular formula is C21H20ClN7O. The molecule has 0 spiro atoms. The molecule has 1 aliphatic rings. The van der Waals surface area contributed by atoms with Crippen molar-refractivity contribution in [2.24, 2.45) is 0 Å². The van der Waals surface area contributed by atoms with E-state index in [-0.39, 0.29) is 6.04 Å². The van der Waals surface area contributed by atoms with E-state index in [0.29, 0.717) is 10.8 Å². The van der Waals surface area contributed by atoms with Crippen molar-refractivity contribution in [3.8, 4) is 11.3 Å². The maximum Gasteiger partial charge on any atom is 0.159 e. The average molecular weight is 422 g/mol. The Morgan fingerprint density at radius 1 is 1.27 bits per heavy atom. The zero-order valence-electron chi connectivity index (χ0n) is 16.3. The molecule has 4 aromatic heterocycles. The Balaban J connectivity index is 1.41. The average Bonchev–Trinajstić information content (AvgIpc) is 3.51. The van der Waals surface area contributed by atoms with Crippen LogP contribution < -0.4 is 10.2 Å². The monoisotopic (exact) mass is 421 g/mol. The molecule has 2 N–H and O–H groups in total. The van der Waals surface area contributed by atoms with Crippen molar-refractivity contribution in [2.75, 3.05) is 16.8 Å². The molecule has 0 aromatic carbocycles. The second-order valence-electron chi connectivity index (χ2n) is 7.29. The summed E-state index contributed by atoms with van der Waals surface area (Å²) in [5.41, 5.74) is 3.44. The molecule has 1 aliphatic heterocycles. The number of aryl methyl sites for hydroxylation is 1. The van der Waals surface area contributed by atoms with Crippen molar-refractivity contribution >= 4 is 28.9 Å². The summed E-state index contributed by atoms with van der Waals surface area (Å²) in [6.07, 6.45) is 7.19. The number of halogens is 1. The molecule has 1 fully saturated rings. The second-order valence-corrected chi connectivity index (χ2v) is 7.70. The van der Waals surface area contributed by atoms with Crippen LogP contribution in [0.5, 0.6) is 0 Å². The fourth-order valence-corrected chi connectivity index (χ4v) is 3.88. The van der Waals surface area contributed by atoms with E-state index in [1.807, 2.05) is 37.3 Å². The molecule has 8 nitrogen and oxygen atoms in total. The maximum absolute atomic E-state index is 6.37. The molecule has 152 valence electrons. The Labute approximate surface area is 178 Å². The van der Waals surface area contributed by atoms with Crippen LogP contribution in [-0.2, 0) is 0 Å². The van der Waals surface area contributed by atoms with Crippen molar-refractivity contribution in [2.45, 2.75) is 25.8 Å². The van der Waals surface area contributed by atoms with E-state index in [9.17, 15) is 0 Å². The van der Waals surface area contributed by atoms with Gasteiger partial charge in [-0.05, 0) is 31.9 Å². The lowest BCUT2D eigenvalue weighted by Gasteiger charge is -2.24. The van der Waals surface area contributed by atoms with E-state index >= 15 is 0 Å². The van der Waals surface area contributed by atoms with Gasteiger partial charge in [0.05, 0.1) is 22.9 Å². The molecule has 0 aliphatic carbocycles. The summed E-state index contributed by atoms with van der Waals surface area (Å²) in [5, 5.41) is 15.2. The predicted molar refractivity (Wildman–Crippen MR) is 115 cm³/mol. The van der Waals surface area contributed by atoms with E-state index in [1.165, 1.54) is 0 Å². The molecule has 0 saturated carbocycles. The first-order chi connectivity index (χ1) is 14.7. The molecule has 4 aromatic rings. The number of H-pyrrole nitrogens is 1. The van der Waals surface area contributed by atoms with E-state index in [1.54, 1.807) is 18.6 Å². The molecule has 0 bridgehead atoms. The summed E-state index contributed by atoms with van der Waals surface area (Å²) in [6, 6.07) is 9.78. The highest BCUT2D eigenvalue weighted by molar-refractivity contribution is 6.33. The van der Waals surface area contributed by atoms with Gasteiger partial charge >= 0.3 is 0 Å². The van der Waals surface area contributed by atoms with Crippen LogP contribution >= 0.6 is 11.6 Å². The SMILES string of the molecule is Cc1cc(Nc2cc(N3CCCC3c3cc(-c4cccnc4)no3)ncc2Cl)n[nH]1. The van der Waals surface area contributed by atoms with Gasteiger partial charge in [0.2, 0.25) is 0 Å². The Bertz CT molecular complexity index is 1160. The van der Waals surface area contributed by atoms with Crippen LogP contribution in [0, 0.1) is 6.92 Å². The largest absolute Gasteiger partial charge is 0.359 e. The Hall–Kier alpha value is -3.39. The van der Waals surface area contributed by atoms with Crippen molar-refractivity contribution < 1.29 is 4.52 Å². The first-order valence-electron chi connectivity index (χ1n) is 9.75. The van der Waals surface area contributed by atoms with Gasteiger partial charge in [0.15, 0.2) is 11.6 Å². The molecule has 5 heterocycles. The highest BCUT2D eigenvalue weighted by atomic mass is 35.5. The lowest BCUT2D eigenvalue weighted by Crippen LogP contribution is -2.23. The van der Waals surface area contributed by atoms with Crippen molar-refractivity contribution in [1.29, 1.82) is 0 Å². The summed E-state index contributed by atoms with van der Waals surface area (Å²) in [4.78, 5) is 10.9. The van der Waals surface area contributed by atoms with Gasteiger partial charge in [0, 0.05) is 48.4 Å². The summed E-state index contributed by atoms with van der Waals surface area (Å²) >= 11 is 6.37. The van der Waals surface area contributed by atoms with Gasteiger partial charge in [-0.15, -0.1) is 0 Å². The van der Waals surface area contributed by atoms with E-state index in [2.05, 4.69) is 35.5 Å². The zero-order chi connectivity index (χ0) is 20.5. The third kappa shape index (κ3) is 3.61. The van der Waals surface area contributed by atoms with Gasteiger partial charge in [-0.3, -0.25) is 10.1 Å². The van der Waals surface area contributed by atoms with Crippen molar-refractivity contribution in [1.82, 2.24) is 25.3 Å². The highest BCUT2D eigenvalue weighted by Crippen LogP contribution is 2.38. The lowest BCUT2D eigenvalue weighted by atomic mass is 10.1. The Morgan fingerprint density at radius 2 is 2.20 bits per heavy atom. The topological polar surface area (TPSA) is 95.8 Å². The maximum atomic E-state index is 6.37. The van der Waals surface area contributed by atoms with Crippen LogP contribution in [0.2, 0.25) is 5.02 Å². The first-order valence-corrected chi connectivity index (χ1v) is 10.1. The smallest absolute Gasteiger partial charge is 0.159 e. The molecule has 0 amide bonds. The van der Waals surface area contributed by atoms with Gasteiger partial charge < -0.3 is 14.7 Å². The van der Waals surface area contributed by atoms with Gasteiger partial charge in [-0.1, -0.05) is 16.8 Å². The molecule has 1 unspecified atom stereocenters. The Kier molecular flexibility index (Phi) is 4.84. The van der Waals surface area contributed by atoms with Crippen molar-refractivity contribution in [3.05, 3.63) is 65.4 Å². The molecule has 1 atom stereocenters. The van der Waals surface area contributed by atoms with Gasteiger partial charge in [-0.2, -0.15) is 5.10 Å². The summed E-state index contributed by atoms with van der Waals surface area (Å²) in [5.74, 6) is 2.36. The number of hydrogen-bond donors (Lipinski definition) is 2. The first kappa shape index (κ1) is 18.6. The highest BCUT2D eigenvalue weighted by Gasteiger charge is 2.31. The summed E-state index contributed by atoms with van der Waals surface area (Å²) < 4.78 is 5.70.